The summed E-state index contributed by atoms with van der Waals surface area (Å²) in [5.74, 6) is -1.04. The lowest BCUT2D eigenvalue weighted by Gasteiger charge is -2.32. The van der Waals surface area contributed by atoms with Crippen molar-refractivity contribution in [2.24, 2.45) is 5.92 Å². The Balaban J connectivity index is 1.36. The molecule has 0 saturated heterocycles. The smallest absolute Gasteiger partial charge is 0.314 e. The van der Waals surface area contributed by atoms with Crippen LogP contribution in [0, 0.1) is 16.0 Å². The van der Waals surface area contributed by atoms with E-state index < -0.39 is 10.9 Å². The van der Waals surface area contributed by atoms with Crippen molar-refractivity contribution in [2.75, 3.05) is 0 Å². The molecule has 1 heterocycles. The molecule has 29 heavy (non-hydrogen) atoms. The van der Waals surface area contributed by atoms with E-state index in [1.54, 1.807) is 24.3 Å². The van der Waals surface area contributed by atoms with Gasteiger partial charge < -0.3 is 4.74 Å². The van der Waals surface area contributed by atoms with Gasteiger partial charge in [-0.1, -0.05) is 12.1 Å². The van der Waals surface area contributed by atoms with Gasteiger partial charge in [0.25, 0.3) is 17.5 Å². The van der Waals surface area contributed by atoms with E-state index in [0.717, 1.165) is 0 Å². The zero-order valence-electron chi connectivity index (χ0n) is 15.4. The van der Waals surface area contributed by atoms with Gasteiger partial charge in [-0.15, -0.1) is 0 Å². The van der Waals surface area contributed by atoms with E-state index in [1.807, 2.05) is 0 Å². The van der Waals surface area contributed by atoms with Gasteiger partial charge in [-0.25, -0.2) is 0 Å². The molecule has 0 spiro atoms. The Morgan fingerprint density at radius 1 is 0.931 bits per heavy atom. The Bertz CT molecular complexity index is 957. The third kappa shape index (κ3) is 3.49. The average Bonchev–Trinajstić information content (AvgIpc) is 2.99. The van der Waals surface area contributed by atoms with Crippen molar-refractivity contribution in [3.63, 3.8) is 0 Å². The maximum Gasteiger partial charge on any atom is 0.314 e. The molecule has 0 atom stereocenters. The summed E-state index contributed by atoms with van der Waals surface area (Å²) in [7, 11) is 0. The van der Waals surface area contributed by atoms with E-state index >= 15 is 0 Å². The van der Waals surface area contributed by atoms with Gasteiger partial charge in [0.1, 0.15) is 5.75 Å². The molecule has 2 amide bonds. The molecule has 1 aliphatic carbocycles. The molecule has 0 N–H and O–H groups in total. The number of carbonyl (C=O) groups excluding carboxylic acids is 3. The fraction of sp³-hybridized carbons (Fsp3) is 0.286. The number of amides is 2. The number of nitro groups is 1. The normalized spacial score (nSPS) is 21.0. The Labute approximate surface area is 166 Å². The van der Waals surface area contributed by atoms with Gasteiger partial charge in [0.05, 0.1) is 22.0 Å². The van der Waals surface area contributed by atoms with Crippen LogP contribution in [0.15, 0.2) is 48.5 Å². The third-order valence-electron chi connectivity index (χ3n) is 5.49. The average molecular weight is 394 g/mol. The van der Waals surface area contributed by atoms with Crippen molar-refractivity contribution in [3.8, 4) is 5.75 Å². The number of hydrogen-bond acceptors (Lipinski definition) is 6. The highest BCUT2D eigenvalue weighted by molar-refractivity contribution is 6.21. The topological polar surface area (TPSA) is 107 Å². The molecule has 4 rings (SSSR count). The highest BCUT2D eigenvalue weighted by Gasteiger charge is 2.41. The molecular weight excluding hydrogens is 376 g/mol. The van der Waals surface area contributed by atoms with Gasteiger partial charge in [-0.3, -0.25) is 29.4 Å². The second kappa shape index (κ2) is 7.46. The summed E-state index contributed by atoms with van der Waals surface area (Å²) < 4.78 is 5.33. The summed E-state index contributed by atoms with van der Waals surface area (Å²) in [6, 6.07) is 11.9. The molecule has 2 aliphatic rings. The van der Waals surface area contributed by atoms with Crippen molar-refractivity contribution in [3.05, 3.63) is 69.8 Å². The van der Waals surface area contributed by atoms with E-state index in [2.05, 4.69) is 0 Å². The first-order chi connectivity index (χ1) is 14.0. The predicted octanol–water partition coefficient (Wildman–Crippen LogP) is 3.36. The van der Waals surface area contributed by atoms with Crippen LogP contribution in [0.25, 0.3) is 0 Å². The molecule has 2 aromatic rings. The number of nitrogens with zero attached hydrogens (tertiary/aromatic N) is 2. The third-order valence-corrected chi connectivity index (χ3v) is 5.49. The van der Waals surface area contributed by atoms with Gasteiger partial charge in [0.15, 0.2) is 0 Å². The van der Waals surface area contributed by atoms with Gasteiger partial charge in [-0.05, 0) is 49.9 Å². The lowest BCUT2D eigenvalue weighted by molar-refractivity contribution is -0.384. The summed E-state index contributed by atoms with van der Waals surface area (Å²) in [6.07, 6.45) is 2.07. The van der Waals surface area contributed by atoms with Crippen molar-refractivity contribution in [1.82, 2.24) is 4.90 Å². The molecule has 0 bridgehead atoms. The van der Waals surface area contributed by atoms with Gasteiger partial charge in [-0.2, -0.15) is 0 Å². The Morgan fingerprint density at radius 2 is 1.48 bits per heavy atom. The Morgan fingerprint density at radius 3 is 2.00 bits per heavy atom. The summed E-state index contributed by atoms with van der Waals surface area (Å²) >= 11 is 0. The molecule has 0 aromatic heterocycles. The van der Waals surface area contributed by atoms with E-state index in [9.17, 15) is 24.5 Å². The number of esters is 1. The highest BCUT2D eigenvalue weighted by Crippen LogP contribution is 2.34. The molecule has 1 fully saturated rings. The lowest BCUT2D eigenvalue weighted by Crippen LogP contribution is -2.43. The van der Waals surface area contributed by atoms with Crippen LogP contribution in [0.1, 0.15) is 46.4 Å². The minimum absolute atomic E-state index is 0.0775. The maximum absolute atomic E-state index is 12.6. The fourth-order valence-corrected chi connectivity index (χ4v) is 3.94. The number of nitro benzene ring substituents is 1. The number of benzene rings is 2. The number of hydrogen-bond donors (Lipinski definition) is 0. The number of fused-ring (bicyclic) bond motifs is 1. The lowest BCUT2D eigenvalue weighted by atomic mass is 9.85. The Hall–Kier alpha value is -3.55. The van der Waals surface area contributed by atoms with Gasteiger partial charge >= 0.3 is 5.97 Å². The van der Waals surface area contributed by atoms with Gasteiger partial charge in [0.2, 0.25) is 0 Å². The number of ether oxygens (including phenoxy) is 1. The van der Waals surface area contributed by atoms with E-state index in [1.165, 1.54) is 29.2 Å². The zero-order valence-corrected chi connectivity index (χ0v) is 15.4. The molecule has 0 radical (unpaired) electrons. The minimum Gasteiger partial charge on any atom is -0.426 e. The van der Waals surface area contributed by atoms with Crippen molar-refractivity contribution >= 4 is 23.5 Å². The summed E-state index contributed by atoms with van der Waals surface area (Å²) in [5, 5.41) is 10.7. The number of non-ortho nitro benzene ring substituents is 1. The monoisotopic (exact) mass is 394 g/mol. The molecule has 148 valence electrons. The standard InChI is InChI=1S/C21H18N2O6/c24-19-17-3-1-2-4-18(17)20(25)22(19)14-7-5-13(6-8-14)21(26)29-16-11-9-15(10-12-16)23(27)28/h1-4,9-14H,5-8H2. The largest absolute Gasteiger partial charge is 0.426 e. The van der Waals surface area contributed by atoms with Crippen LogP contribution in [0.4, 0.5) is 5.69 Å². The molecule has 8 heteroatoms. The van der Waals surface area contributed by atoms with Crippen LogP contribution in [-0.4, -0.2) is 33.6 Å². The predicted molar refractivity (Wildman–Crippen MR) is 101 cm³/mol. The molecule has 1 aliphatic heterocycles. The fourth-order valence-electron chi connectivity index (χ4n) is 3.94. The van der Waals surface area contributed by atoms with Crippen LogP contribution in [0.2, 0.25) is 0 Å². The van der Waals surface area contributed by atoms with E-state index in [-0.39, 0.29) is 35.2 Å². The van der Waals surface area contributed by atoms with Crippen molar-refractivity contribution in [1.29, 1.82) is 0 Å². The van der Waals surface area contributed by atoms with Crippen LogP contribution in [0.3, 0.4) is 0 Å². The molecule has 1 saturated carbocycles. The molecule has 2 aromatic carbocycles. The molecule has 0 unspecified atom stereocenters. The molecule has 8 nitrogen and oxygen atoms in total. The first-order valence-electron chi connectivity index (χ1n) is 9.39. The van der Waals surface area contributed by atoms with Gasteiger partial charge in [0, 0.05) is 18.2 Å². The van der Waals surface area contributed by atoms with Crippen LogP contribution >= 0.6 is 0 Å². The van der Waals surface area contributed by atoms with Crippen LogP contribution < -0.4 is 4.74 Å². The number of imide groups is 1. The number of carbonyl (C=O) groups is 3. The van der Waals surface area contributed by atoms with E-state index in [0.29, 0.717) is 36.8 Å². The van der Waals surface area contributed by atoms with E-state index in [4.69, 9.17) is 4.74 Å². The van der Waals surface area contributed by atoms with Crippen LogP contribution in [-0.2, 0) is 4.79 Å². The second-order valence-corrected chi connectivity index (χ2v) is 7.20. The Kier molecular flexibility index (Phi) is 4.84. The quantitative estimate of drug-likeness (QED) is 0.259. The minimum atomic E-state index is -0.522. The second-order valence-electron chi connectivity index (χ2n) is 7.20. The van der Waals surface area contributed by atoms with Crippen LogP contribution in [0.5, 0.6) is 5.75 Å². The number of rotatable bonds is 4. The molecular formula is C21H18N2O6. The van der Waals surface area contributed by atoms with Crippen molar-refractivity contribution < 1.29 is 24.0 Å². The highest BCUT2D eigenvalue weighted by atomic mass is 16.6. The summed E-state index contributed by atoms with van der Waals surface area (Å²) in [6.45, 7) is 0. The first-order valence-corrected chi connectivity index (χ1v) is 9.39. The first kappa shape index (κ1) is 18.8. The summed E-state index contributed by atoms with van der Waals surface area (Å²) in [4.78, 5) is 49.1. The summed E-state index contributed by atoms with van der Waals surface area (Å²) in [5.41, 5.74) is 0.778. The SMILES string of the molecule is O=C(Oc1ccc([N+](=O)[O-])cc1)C1CCC(N2C(=O)c3ccccc3C2=O)CC1. The van der Waals surface area contributed by atoms with Crippen molar-refractivity contribution in [2.45, 2.75) is 31.7 Å². The zero-order chi connectivity index (χ0) is 20.5. The maximum atomic E-state index is 12.6.